The van der Waals surface area contributed by atoms with Crippen molar-refractivity contribution in [2.75, 3.05) is 18.5 Å². The molecule has 1 saturated heterocycles. The van der Waals surface area contributed by atoms with Crippen LogP contribution in [0.25, 0.3) is 22.2 Å². The number of nitrogens with one attached hydrogen (secondary N) is 2. The number of nitrogens with zero attached hydrogens (tertiary/aromatic N) is 5. The molecule has 13 heteroatoms. The molecular formula is C39H50IN7O5. The van der Waals surface area contributed by atoms with Crippen LogP contribution in [0, 0.1) is 14.9 Å². The number of hydrogen-bond donors (Lipinski definition) is 2. The van der Waals surface area contributed by atoms with Crippen LogP contribution in [0.3, 0.4) is 0 Å². The molecule has 0 spiro atoms. The molecule has 1 saturated carbocycles. The summed E-state index contributed by atoms with van der Waals surface area (Å²) in [4.78, 5) is 29.0. The topological polar surface area (TPSA) is 137 Å². The van der Waals surface area contributed by atoms with Crippen LogP contribution in [0.1, 0.15) is 96.9 Å². The molecule has 4 aromatic rings. The number of carbonyl (C=O) groups excluding carboxylic acids is 2. The molecule has 278 valence electrons. The third-order valence-electron chi connectivity index (χ3n) is 9.17. The summed E-state index contributed by atoms with van der Waals surface area (Å²) in [5.41, 5.74) is 3.88. The van der Waals surface area contributed by atoms with Crippen molar-refractivity contribution in [1.29, 1.82) is 5.41 Å². The number of benzene rings is 2. The van der Waals surface area contributed by atoms with Gasteiger partial charge in [-0.25, -0.2) is 18.8 Å². The SMILES string of the molecule is CC(C)(C)OC(=O)N(Cc1cc2ccc(Cn3cc(-c4cc(I)cc(NC5CCCCO5)c4C=N)nn3)cc2n1C(=O)OC(C)(C)C)CC1CCC1. The summed E-state index contributed by atoms with van der Waals surface area (Å²) < 4.78 is 22.0. The minimum absolute atomic E-state index is 0.0904. The van der Waals surface area contributed by atoms with Crippen molar-refractivity contribution in [3.05, 3.63) is 63.0 Å². The number of rotatable bonds is 10. The smallest absolute Gasteiger partial charge is 0.419 e. The molecule has 2 aromatic heterocycles. The van der Waals surface area contributed by atoms with Crippen molar-refractivity contribution in [2.24, 2.45) is 5.92 Å². The number of hydrogen-bond acceptors (Lipinski definition) is 9. The van der Waals surface area contributed by atoms with Gasteiger partial charge in [0.15, 0.2) is 0 Å². The van der Waals surface area contributed by atoms with Crippen molar-refractivity contribution >= 4 is 57.6 Å². The average molecular weight is 824 g/mol. The van der Waals surface area contributed by atoms with E-state index in [1.807, 2.05) is 84.1 Å². The van der Waals surface area contributed by atoms with Gasteiger partial charge in [-0.15, -0.1) is 5.10 Å². The molecule has 1 aliphatic carbocycles. The number of aromatic nitrogens is 4. The molecule has 0 bridgehead atoms. The van der Waals surface area contributed by atoms with Gasteiger partial charge in [0.2, 0.25) is 0 Å². The van der Waals surface area contributed by atoms with Crippen LogP contribution in [-0.2, 0) is 27.3 Å². The predicted octanol–water partition coefficient (Wildman–Crippen LogP) is 8.81. The molecule has 52 heavy (non-hydrogen) atoms. The zero-order valence-corrected chi connectivity index (χ0v) is 33.2. The standard InChI is InChI=1S/C39H50IN7O5/c1-38(2,3)51-36(48)45(21-25-10-9-11-25)23-29-17-27-14-13-26(16-34(27)47(29)37(49)52-39(4,5)6)22-46-24-33(43-44-46)30-18-28(40)19-32(31(30)20-41)42-35-12-7-8-15-50-35/h13-14,16-20,24-25,35,41-42H,7-12,15,21-23H2,1-6H3. The van der Waals surface area contributed by atoms with E-state index >= 15 is 0 Å². The molecule has 1 unspecified atom stereocenters. The molecule has 2 aromatic carbocycles. The van der Waals surface area contributed by atoms with Gasteiger partial charge in [-0.2, -0.15) is 0 Å². The van der Waals surface area contributed by atoms with Gasteiger partial charge in [0.1, 0.15) is 23.1 Å². The third-order valence-corrected chi connectivity index (χ3v) is 9.80. The summed E-state index contributed by atoms with van der Waals surface area (Å²) in [6, 6.07) is 11.9. The minimum Gasteiger partial charge on any atom is -0.444 e. The normalized spacial score (nSPS) is 16.7. The zero-order valence-electron chi connectivity index (χ0n) is 31.0. The highest BCUT2D eigenvalue weighted by Gasteiger charge is 2.30. The first-order valence-electron chi connectivity index (χ1n) is 18.1. The summed E-state index contributed by atoms with van der Waals surface area (Å²) in [6.07, 6.45) is 8.61. The number of ether oxygens (including phenoxy) is 3. The second kappa shape index (κ2) is 15.6. The number of anilines is 1. The third kappa shape index (κ3) is 9.32. The summed E-state index contributed by atoms with van der Waals surface area (Å²) in [6.45, 7) is 13.0. The molecule has 12 nitrogen and oxygen atoms in total. The van der Waals surface area contributed by atoms with Crippen molar-refractivity contribution in [2.45, 2.75) is 111 Å². The van der Waals surface area contributed by atoms with Gasteiger partial charge >= 0.3 is 12.2 Å². The summed E-state index contributed by atoms with van der Waals surface area (Å²) >= 11 is 2.28. The minimum atomic E-state index is -0.722. The van der Waals surface area contributed by atoms with Crippen molar-refractivity contribution < 1.29 is 23.8 Å². The van der Waals surface area contributed by atoms with Crippen molar-refractivity contribution in [3.63, 3.8) is 0 Å². The van der Waals surface area contributed by atoms with Crippen LogP contribution in [-0.4, -0.2) is 73.4 Å². The largest absolute Gasteiger partial charge is 0.444 e. The van der Waals surface area contributed by atoms with Gasteiger partial charge in [0.05, 0.1) is 24.8 Å². The van der Waals surface area contributed by atoms with Crippen LogP contribution in [0.5, 0.6) is 0 Å². The zero-order chi connectivity index (χ0) is 37.2. The van der Waals surface area contributed by atoms with Crippen LogP contribution in [0.15, 0.2) is 42.6 Å². The van der Waals surface area contributed by atoms with Gasteiger partial charge in [0.25, 0.3) is 0 Å². The number of fused-ring (bicyclic) bond motifs is 1. The van der Waals surface area contributed by atoms with Gasteiger partial charge in [-0.05, 0) is 132 Å². The number of carbonyl (C=O) groups is 2. The van der Waals surface area contributed by atoms with E-state index in [9.17, 15) is 9.59 Å². The molecular weight excluding hydrogens is 773 g/mol. The second-order valence-corrected chi connectivity index (χ2v) is 17.1. The maximum atomic E-state index is 13.8. The van der Waals surface area contributed by atoms with E-state index in [4.69, 9.17) is 19.6 Å². The number of amides is 1. The molecule has 1 atom stereocenters. The molecule has 0 radical (unpaired) electrons. The lowest BCUT2D eigenvalue weighted by Gasteiger charge is -2.33. The molecule has 3 heterocycles. The quantitative estimate of drug-likeness (QED) is 0.120. The first-order chi connectivity index (χ1) is 24.7. The summed E-state index contributed by atoms with van der Waals surface area (Å²) in [7, 11) is 0. The first kappa shape index (κ1) is 37.8. The lowest BCUT2D eigenvalue weighted by molar-refractivity contribution is 0.0163. The summed E-state index contributed by atoms with van der Waals surface area (Å²) in [5.74, 6) is 0.411. The van der Waals surface area contributed by atoms with E-state index in [2.05, 4.69) is 38.2 Å². The molecule has 1 aliphatic heterocycles. The van der Waals surface area contributed by atoms with E-state index in [0.29, 0.717) is 35.9 Å². The first-order valence-corrected chi connectivity index (χ1v) is 19.2. The Labute approximate surface area is 319 Å². The average Bonchev–Trinajstić information content (AvgIpc) is 3.65. The highest BCUT2D eigenvalue weighted by molar-refractivity contribution is 14.1. The lowest BCUT2D eigenvalue weighted by Crippen LogP contribution is -2.41. The fraction of sp³-hybridized carbons (Fsp3) is 0.513. The fourth-order valence-corrected chi connectivity index (χ4v) is 7.20. The second-order valence-electron chi connectivity index (χ2n) is 15.9. The Morgan fingerprint density at radius 2 is 1.81 bits per heavy atom. The Morgan fingerprint density at radius 1 is 1.04 bits per heavy atom. The van der Waals surface area contributed by atoms with Gasteiger partial charge in [-0.3, -0.25) is 0 Å². The van der Waals surface area contributed by atoms with Gasteiger partial charge < -0.3 is 29.8 Å². The maximum Gasteiger partial charge on any atom is 0.419 e. The molecule has 2 aliphatic rings. The van der Waals surface area contributed by atoms with E-state index in [0.717, 1.165) is 76.5 Å². The van der Waals surface area contributed by atoms with E-state index in [1.54, 1.807) is 14.1 Å². The highest BCUT2D eigenvalue weighted by atomic mass is 127. The van der Waals surface area contributed by atoms with E-state index < -0.39 is 23.4 Å². The van der Waals surface area contributed by atoms with Crippen LogP contribution < -0.4 is 5.32 Å². The van der Waals surface area contributed by atoms with Gasteiger partial charge in [0, 0.05) is 50.8 Å². The van der Waals surface area contributed by atoms with Crippen molar-refractivity contribution in [3.8, 4) is 11.3 Å². The maximum absolute atomic E-state index is 13.8. The Hall–Kier alpha value is -3.98. The lowest BCUT2D eigenvalue weighted by atomic mass is 9.85. The van der Waals surface area contributed by atoms with Crippen molar-refractivity contribution in [1.82, 2.24) is 24.5 Å². The summed E-state index contributed by atoms with van der Waals surface area (Å²) in [5, 5.41) is 21.5. The Morgan fingerprint density at radius 3 is 2.46 bits per heavy atom. The fourth-order valence-electron chi connectivity index (χ4n) is 6.57. The number of halogens is 1. The molecule has 6 rings (SSSR count). The molecule has 2 N–H and O–H groups in total. The Kier molecular flexibility index (Phi) is 11.3. The molecule has 1 amide bonds. The Balaban J connectivity index is 1.30. The monoisotopic (exact) mass is 823 g/mol. The predicted molar refractivity (Wildman–Crippen MR) is 210 cm³/mol. The highest BCUT2D eigenvalue weighted by Crippen LogP contribution is 2.32. The molecule has 2 fully saturated rings. The van der Waals surface area contributed by atoms with Gasteiger partial charge in [-0.1, -0.05) is 23.8 Å². The Bertz CT molecular complexity index is 1930. The van der Waals surface area contributed by atoms with E-state index in [-0.39, 0.29) is 12.8 Å². The van der Waals surface area contributed by atoms with E-state index in [1.165, 1.54) is 6.21 Å². The van der Waals surface area contributed by atoms with Crippen LogP contribution >= 0.6 is 22.6 Å². The van der Waals surface area contributed by atoms with Crippen LogP contribution in [0.2, 0.25) is 0 Å². The van der Waals surface area contributed by atoms with Crippen LogP contribution in [0.4, 0.5) is 15.3 Å².